The maximum atomic E-state index is 13.0. The molecular weight excluding hydrogens is 479 g/mol. The van der Waals surface area contributed by atoms with Crippen LogP contribution >= 0.6 is 0 Å². The molecule has 3 aliphatic rings. The SMILES string of the molecule is CN(C)C(=O)C1CNC2C(C1)N(C)C(=O)C(=O)N2C1CCN(Cc2ccc(OC(F)(F)F)cc2)CC1. The van der Waals surface area contributed by atoms with Crippen LogP contribution in [0.4, 0.5) is 13.2 Å². The summed E-state index contributed by atoms with van der Waals surface area (Å²) in [7, 11) is 5.03. The third-order valence-corrected chi connectivity index (χ3v) is 7.30. The van der Waals surface area contributed by atoms with Crippen molar-refractivity contribution in [3.63, 3.8) is 0 Å². The van der Waals surface area contributed by atoms with Gasteiger partial charge in [0.2, 0.25) is 5.91 Å². The predicted molar refractivity (Wildman–Crippen MR) is 123 cm³/mol. The van der Waals surface area contributed by atoms with E-state index in [1.54, 1.807) is 43.1 Å². The number of carbonyl (C=O) groups excluding carboxylic acids is 3. The Kier molecular flexibility index (Phi) is 7.46. The van der Waals surface area contributed by atoms with Crippen molar-refractivity contribution >= 4 is 17.7 Å². The van der Waals surface area contributed by atoms with Crippen molar-refractivity contribution in [2.75, 3.05) is 40.8 Å². The van der Waals surface area contributed by atoms with Gasteiger partial charge < -0.3 is 19.4 Å². The summed E-state index contributed by atoms with van der Waals surface area (Å²) in [6.45, 7) is 2.36. The summed E-state index contributed by atoms with van der Waals surface area (Å²) in [6, 6.07) is 5.42. The number of nitrogens with one attached hydrogen (secondary N) is 1. The molecule has 12 heteroatoms. The molecule has 1 aromatic rings. The Hall–Kier alpha value is -2.86. The summed E-state index contributed by atoms with van der Waals surface area (Å²) in [4.78, 5) is 45.2. The van der Waals surface area contributed by atoms with E-state index < -0.39 is 18.2 Å². The number of nitrogens with zero attached hydrogens (tertiary/aromatic N) is 4. The largest absolute Gasteiger partial charge is 0.573 e. The molecule has 0 aromatic heterocycles. The normalized spacial score (nSPS) is 26.1. The van der Waals surface area contributed by atoms with Crippen molar-refractivity contribution in [2.24, 2.45) is 5.92 Å². The molecule has 3 amide bonds. The summed E-state index contributed by atoms with van der Waals surface area (Å²) in [6.07, 6.45) is -3.23. The van der Waals surface area contributed by atoms with Gasteiger partial charge in [-0.3, -0.25) is 24.6 Å². The van der Waals surface area contributed by atoms with Gasteiger partial charge >= 0.3 is 18.2 Å². The summed E-state index contributed by atoms with van der Waals surface area (Å²) in [5.74, 6) is -1.60. The van der Waals surface area contributed by atoms with Gasteiger partial charge in [-0.1, -0.05) is 12.1 Å². The first-order valence-corrected chi connectivity index (χ1v) is 12.1. The number of alkyl halides is 3. The number of hydrogen-bond acceptors (Lipinski definition) is 6. The van der Waals surface area contributed by atoms with Crippen molar-refractivity contribution < 1.29 is 32.3 Å². The van der Waals surface area contributed by atoms with Gasteiger partial charge in [0.1, 0.15) is 11.9 Å². The number of carbonyl (C=O) groups is 3. The second kappa shape index (κ2) is 10.3. The van der Waals surface area contributed by atoms with Gasteiger partial charge in [0.15, 0.2) is 0 Å². The highest BCUT2D eigenvalue weighted by molar-refractivity contribution is 6.35. The van der Waals surface area contributed by atoms with E-state index in [0.29, 0.717) is 45.4 Å². The number of likely N-dealkylation sites (N-methyl/N-ethyl adjacent to an activating group) is 1. The minimum Gasteiger partial charge on any atom is -0.406 e. The molecule has 3 unspecified atom stereocenters. The fourth-order valence-electron chi connectivity index (χ4n) is 5.45. The molecule has 3 atom stereocenters. The topological polar surface area (TPSA) is 85.4 Å². The number of amides is 3. The number of fused-ring (bicyclic) bond motifs is 1. The van der Waals surface area contributed by atoms with Crippen molar-refractivity contribution in [1.29, 1.82) is 0 Å². The number of benzene rings is 1. The van der Waals surface area contributed by atoms with E-state index >= 15 is 0 Å². The molecule has 4 rings (SSSR count). The molecule has 0 aliphatic carbocycles. The van der Waals surface area contributed by atoms with E-state index in [2.05, 4.69) is 15.0 Å². The lowest BCUT2D eigenvalue weighted by atomic mass is 9.87. The average molecular weight is 512 g/mol. The van der Waals surface area contributed by atoms with Crippen LogP contribution in [-0.4, -0.2) is 103 Å². The van der Waals surface area contributed by atoms with E-state index in [-0.39, 0.29) is 35.8 Å². The summed E-state index contributed by atoms with van der Waals surface area (Å²) in [5.41, 5.74) is 0.861. The smallest absolute Gasteiger partial charge is 0.406 e. The zero-order valence-corrected chi connectivity index (χ0v) is 20.6. The maximum Gasteiger partial charge on any atom is 0.573 e. The van der Waals surface area contributed by atoms with E-state index in [1.807, 2.05) is 0 Å². The van der Waals surface area contributed by atoms with Gasteiger partial charge in [-0.15, -0.1) is 13.2 Å². The summed E-state index contributed by atoms with van der Waals surface area (Å²) < 4.78 is 41.0. The van der Waals surface area contributed by atoms with E-state index in [1.165, 1.54) is 17.0 Å². The number of hydrogen-bond donors (Lipinski definition) is 1. The van der Waals surface area contributed by atoms with Crippen LogP contribution in [0.1, 0.15) is 24.8 Å². The highest BCUT2D eigenvalue weighted by atomic mass is 19.4. The van der Waals surface area contributed by atoms with Crippen LogP contribution in [0.25, 0.3) is 0 Å². The Bertz CT molecular complexity index is 979. The first-order chi connectivity index (χ1) is 16.9. The minimum absolute atomic E-state index is 0.00319. The average Bonchev–Trinajstić information content (AvgIpc) is 2.83. The molecule has 3 fully saturated rings. The van der Waals surface area contributed by atoms with E-state index in [0.717, 1.165) is 5.56 Å². The Labute approximate surface area is 208 Å². The van der Waals surface area contributed by atoms with Gasteiger partial charge in [0.05, 0.1) is 12.0 Å². The van der Waals surface area contributed by atoms with E-state index in [4.69, 9.17) is 0 Å². The molecule has 9 nitrogen and oxygen atoms in total. The van der Waals surface area contributed by atoms with Gasteiger partial charge in [-0.2, -0.15) is 0 Å². The highest BCUT2D eigenvalue weighted by Gasteiger charge is 2.50. The first-order valence-electron chi connectivity index (χ1n) is 12.1. The van der Waals surface area contributed by atoms with Crippen molar-refractivity contribution in [2.45, 2.75) is 50.4 Å². The predicted octanol–water partition coefficient (Wildman–Crippen LogP) is 1.24. The zero-order valence-electron chi connectivity index (χ0n) is 20.6. The molecule has 3 heterocycles. The molecule has 0 radical (unpaired) electrons. The van der Waals surface area contributed by atoms with E-state index in [9.17, 15) is 27.6 Å². The Morgan fingerprint density at radius 1 is 1.11 bits per heavy atom. The van der Waals surface area contributed by atoms with Crippen LogP contribution in [-0.2, 0) is 20.9 Å². The molecule has 3 saturated heterocycles. The van der Waals surface area contributed by atoms with Crippen LogP contribution in [0.5, 0.6) is 5.75 Å². The summed E-state index contributed by atoms with van der Waals surface area (Å²) in [5, 5.41) is 3.37. The fourth-order valence-corrected chi connectivity index (χ4v) is 5.45. The fraction of sp³-hybridized carbons (Fsp3) is 0.625. The summed E-state index contributed by atoms with van der Waals surface area (Å²) >= 11 is 0. The van der Waals surface area contributed by atoms with Crippen molar-refractivity contribution in [3.8, 4) is 5.75 Å². The molecule has 0 saturated carbocycles. The molecule has 1 aromatic carbocycles. The molecule has 3 aliphatic heterocycles. The standard InChI is InChI=1S/C24H32F3N5O4/c1-29(2)21(33)16-12-19-20(28-13-16)32(23(35)22(34)30(19)3)17-8-10-31(11-9-17)14-15-4-6-18(7-5-15)36-24(25,26)27/h4-7,16-17,19-20,28H,8-14H2,1-3H3. The van der Waals surface area contributed by atoms with Gasteiger partial charge in [-0.25, -0.2) is 0 Å². The Balaban J connectivity index is 1.37. The number of piperidine rings is 2. The van der Waals surface area contributed by atoms with Crippen LogP contribution < -0.4 is 10.1 Å². The molecule has 198 valence electrons. The molecule has 36 heavy (non-hydrogen) atoms. The lowest BCUT2D eigenvalue weighted by Crippen LogP contribution is -2.73. The van der Waals surface area contributed by atoms with Crippen LogP contribution in [0.2, 0.25) is 0 Å². The zero-order chi connectivity index (χ0) is 26.2. The Morgan fingerprint density at radius 2 is 1.75 bits per heavy atom. The number of piperazine rings is 1. The quantitative estimate of drug-likeness (QED) is 0.599. The van der Waals surface area contributed by atoms with Crippen molar-refractivity contribution in [3.05, 3.63) is 29.8 Å². The van der Waals surface area contributed by atoms with Crippen LogP contribution in [0.15, 0.2) is 24.3 Å². The number of rotatable bonds is 5. The molecular formula is C24H32F3N5O4. The number of likely N-dealkylation sites (tertiary alicyclic amines) is 1. The molecule has 0 bridgehead atoms. The third kappa shape index (κ3) is 5.59. The van der Waals surface area contributed by atoms with Gasteiger partial charge in [0, 0.05) is 53.4 Å². The third-order valence-electron chi connectivity index (χ3n) is 7.30. The maximum absolute atomic E-state index is 13.0. The lowest BCUT2D eigenvalue weighted by Gasteiger charge is -2.53. The number of ether oxygens (including phenoxy) is 1. The lowest BCUT2D eigenvalue weighted by molar-refractivity contribution is -0.274. The monoisotopic (exact) mass is 511 g/mol. The van der Waals surface area contributed by atoms with Crippen molar-refractivity contribution in [1.82, 2.24) is 24.9 Å². The van der Waals surface area contributed by atoms with Crippen LogP contribution in [0, 0.1) is 5.92 Å². The molecule has 0 spiro atoms. The minimum atomic E-state index is -4.72. The number of halogens is 3. The second-order valence-corrected chi connectivity index (χ2v) is 9.91. The van der Waals surface area contributed by atoms with Gasteiger partial charge in [-0.05, 0) is 37.0 Å². The highest BCUT2D eigenvalue weighted by Crippen LogP contribution is 2.31. The van der Waals surface area contributed by atoms with Crippen LogP contribution in [0.3, 0.4) is 0 Å². The molecule has 1 N–H and O–H groups in total. The van der Waals surface area contributed by atoms with Gasteiger partial charge in [0.25, 0.3) is 0 Å². The first kappa shape index (κ1) is 26.2. The Morgan fingerprint density at radius 3 is 2.33 bits per heavy atom. The second-order valence-electron chi connectivity index (χ2n) is 9.91.